The van der Waals surface area contributed by atoms with Crippen molar-refractivity contribution >= 4 is 17.9 Å². The number of piperidine rings is 1. The van der Waals surface area contributed by atoms with E-state index in [-0.39, 0.29) is 24.9 Å². The minimum Gasteiger partial charge on any atom is -0.456 e. The Morgan fingerprint density at radius 1 is 1.13 bits per heavy atom. The fourth-order valence-electron chi connectivity index (χ4n) is 2.95. The highest BCUT2D eigenvalue weighted by Crippen LogP contribution is 2.20. The molecule has 3 N–H and O–H groups in total. The van der Waals surface area contributed by atoms with Crippen LogP contribution in [0.5, 0.6) is 0 Å². The lowest BCUT2D eigenvalue weighted by Gasteiger charge is -2.34. The number of hydrogen-bond donors (Lipinski definition) is 2. The van der Waals surface area contributed by atoms with E-state index in [4.69, 9.17) is 10.5 Å². The van der Waals surface area contributed by atoms with Gasteiger partial charge in [-0.05, 0) is 31.1 Å². The number of amides is 3. The molecule has 132 valence electrons. The Morgan fingerprint density at radius 3 is 2.39 bits per heavy atom. The molecule has 7 heteroatoms. The van der Waals surface area contributed by atoms with Gasteiger partial charge in [-0.3, -0.25) is 9.59 Å². The molecule has 1 aliphatic heterocycles. The summed E-state index contributed by atoms with van der Waals surface area (Å²) >= 11 is 0. The molecule has 0 aromatic heterocycles. The third kappa shape index (κ3) is 8.42. The van der Waals surface area contributed by atoms with Gasteiger partial charge in [-0.15, -0.1) is 0 Å². The molecule has 7 nitrogen and oxygen atoms in total. The van der Waals surface area contributed by atoms with Gasteiger partial charge in [0.25, 0.3) is 5.91 Å². The maximum atomic E-state index is 12.1. The molecule has 0 aromatic rings. The minimum atomic E-state index is -0.538. The van der Waals surface area contributed by atoms with Gasteiger partial charge < -0.3 is 20.7 Å². The van der Waals surface area contributed by atoms with Gasteiger partial charge in [0.2, 0.25) is 0 Å². The summed E-state index contributed by atoms with van der Waals surface area (Å²) in [4.78, 5) is 35.9. The Kier molecular flexibility index (Phi) is 8.43. The second-order valence-electron chi connectivity index (χ2n) is 6.51. The number of urea groups is 1. The van der Waals surface area contributed by atoms with Crippen molar-refractivity contribution in [2.24, 2.45) is 17.6 Å². The standard InChI is InChI=1S/C16H29N3O4/c1-12-8-13(2)10-19(9-12)14(20)11-23-15(21)6-4-3-5-7-18-16(17)22/h12-13H,3-11H2,1-2H3,(H3,17,18,22)/t12-,13+. The van der Waals surface area contributed by atoms with Gasteiger partial charge in [0, 0.05) is 26.1 Å². The zero-order valence-electron chi connectivity index (χ0n) is 14.2. The van der Waals surface area contributed by atoms with Crippen molar-refractivity contribution < 1.29 is 19.1 Å². The normalized spacial score (nSPS) is 20.9. The molecule has 3 amide bonds. The number of likely N-dealkylation sites (tertiary alicyclic amines) is 1. The second kappa shape index (κ2) is 10.1. The molecule has 1 heterocycles. The summed E-state index contributed by atoms with van der Waals surface area (Å²) in [6, 6.07) is -0.538. The highest BCUT2D eigenvalue weighted by atomic mass is 16.5. The van der Waals surface area contributed by atoms with Crippen LogP contribution < -0.4 is 11.1 Å². The maximum absolute atomic E-state index is 12.1. The topological polar surface area (TPSA) is 102 Å². The first kappa shape index (κ1) is 19.3. The van der Waals surface area contributed by atoms with E-state index in [1.807, 2.05) is 0 Å². The summed E-state index contributed by atoms with van der Waals surface area (Å²) in [5, 5.41) is 2.49. The van der Waals surface area contributed by atoms with Crippen LogP contribution in [0.4, 0.5) is 4.79 Å². The third-order valence-electron chi connectivity index (χ3n) is 3.94. The summed E-state index contributed by atoms with van der Waals surface area (Å²) in [6.45, 7) is 6.10. The van der Waals surface area contributed by atoms with Crippen LogP contribution in [0.15, 0.2) is 0 Å². The molecular weight excluding hydrogens is 298 g/mol. The van der Waals surface area contributed by atoms with Gasteiger partial charge in [-0.1, -0.05) is 20.3 Å². The van der Waals surface area contributed by atoms with Crippen LogP contribution in [0.1, 0.15) is 46.0 Å². The predicted molar refractivity (Wildman–Crippen MR) is 86.5 cm³/mol. The molecule has 2 atom stereocenters. The van der Waals surface area contributed by atoms with E-state index in [1.165, 1.54) is 0 Å². The maximum Gasteiger partial charge on any atom is 0.312 e. The monoisotopic (exact) mass is 327 g/mol. The van der Waals surface area contributed by atoms with Crippen LogP contribution in [0.3, 0.4) is 0 Å². The Labute approximate surface area is 137 Å². The van der Waals surface area contributed by atoms with Crippen molar-refractivity contribution in [2.75, 3.05) is 26.2 Å². The summed E-state index contributed by atoms with van der Waals surface area (Å²) in [5.74, 6) is 0.529. The van der Waals surface area contributed by atoms with Crippen molar-refractivity contribution in [3.8, 4) is 0 Å². The number of unbranched alkanes of at least 4 members (excludes halogenated alkanes) is 2. The van der Waals surface area contributed by atoms with Gasteiger partial charge in [-0.25, -0.2) is 4.79 Å². The summed E-state index contributed by atoms with van der Waals surface area (Å²) in [6.07, 6.45) is 3.65. The number of nitrogens with two attached hydrogens (primary N) is 1. The SMILES string of the molecule is C[C@@H]1C[C@H](C)CN(C(=O)COC(=O)CCCCCNC(N)=O)C1. The summed E-state index contributed by atoms with van der Waals surface area (Å²) in [7, 11) is 0. The molecule has 0 aliphatic carbocycles. The minimum absolute atomic E-state index is 0.109. The van der Waals surface area contributed by atoms with E-state index >= 15 is 0 Å². The van der Waals surface area contributed by atoms with Crippen molar-refractivity contribution in [1.82, 2.24) is 10.2 Å². The lowest BCUT2D eigenvalue weighted by molar-refractivity contribution is -0.153. The first-order chi connectivity index (χ1) is 10.9. The van der Waals surface area contributed by atoms with Crippen molar-refractivity contribution in [2.45, 2.75) is 46.0 Å². The van der Waals surface area contributed by atoms with E-state index < -0.39 is 6.03 Å². The molecule has 0 spiro atoms. The van der Waals surface area contributed by atoms with Crippen molar-refractivity contribution in [3.63, 3.8) is 0 Å². The molecule has 0 aromatic carbocycles. The molecule has 0 bridgehead atoms. The number of carbonyl (C=O) groups is 3. The van der Waals surface area contributed by atoms with Crippen LogP contribution in [0.2, 0.25) is 0 Å². The molecule has 0 saturated carbocycles. The van der Waals surface area contributed by atoms with Crippen LogP contribution in [-0.2, 0) is 14.3 Å². The number of rotatable bonds is 8. The fraction of sp³-hybridized carbons (Fsp3) is 0.812. The van der Waals surface area contributed by atoms with Gasteiger partial charge >= 0.3 is 12.0 Å². The van der Waals surface area contributed by atoms with Crippen molar-refractivity contribution in [3.05, 3.63) is 0 Å². The van der Waals surface area contributed by atoms with E-state index in [0.717, 1.165) is 32.4 Å². The molecule has 1 rings (SSSR count). The van der Waals surface area contributed by atoms with Crippen LogP contribution in [0.25, 0.3) is 0 Å². The summed E-state index contributed by atoms with van der Waals surface area (Å²) < 4.78 is 5.05. The molecular formula is C16H29N3O4. The van der Waals surface area contributed by atoms with E-state index in [0.29, 0.717) is 24.8 Å². The van der Waals surface area contributed by atoms with Crippen LogP contribution >= 0.6 is 0 Å². The largest absolute Gasteiger partial charge is 0.456 e. The highest BCUT2D eigenvalue weighted by molar-refractivity contribution is 5.80. The number of primary amides is 1. The van der Waals surface area contributed by atoms with E-state index in [2.05, 4.69) is 19.2 Å². The zero-order valence-corrected chi connectivity index (χ0v) is 14.2. The number of carbonyl (C=O) groups excluding carboxylic acids is 3. The van der Waals surface area contributed by atoms with Crippen molar-refractivity contribution in [1.29, 1.82) is 0 Å². The Bertz CT molecular complexity index is 404. The van der Waals surface area contributed by atoms with E-state index in [9.17, 15) is 14.4 Å². The Morgan fingerprint density at radius 2 is 1.78 bits per heavy atom. The lowest BCUT2D eigenvalue weighted by atomic mass is 9.92. The number of nitrogens with zero attached hydrogens (tertiary/aromatic N) is 1. The average Bonchev–Trinajstić information content (AvgIpc) is 2.47. The Balaban J connectivity index is 2.10. The van der Waals surface area contributed by atoms with Gasteiger partial charge in [0.05, 0.1) is 0 Å². The molecule has 23 heavy (non-hydrogen) atoms. The van der Waals surface area contributed by atoms with Crippen LogP contribution in [-0.4, -0.2) is 49.0 Å². The zero-order chi connectivity index (χ0) is 17.2. The Hall–Kier alpha value is -1.79. The predicted octanol–water partition coefficient (Wildman–Crippen LogP) is 1.26. The molecule has 1 fully saturated rings. The highest BCUT2D eigenvalue weighted by Gasteiger charge is 2.25. The number of nitrogens with one attached hydrogen (secondary N) is 1. The average molecular weight is 327 g/mol. The smallest absolute Gasteiger partial charge is 0.312 e. The third-order valence-corrected chi connectivity index (χ3v) is 3.94. The first-order valence-electron chi connectivity index (χ1n) is 8.35. The lowest BCUT2D eigenvalue weighted by Crippen LogP contribution is -2.44. The first-order valence-corrected chi connectivity index (χ1v) is 8.35. The number of hydrogen-bond acceptors (Lipinski definition) is 4. The molecule has 0 radical (unpaired) electrons. The van der Waals surface area contributed by atoms with Gasteiger partial charge in [-0.2, -0.15) is 0 Å². The number of esters is 1. The quantitative estimate of drug-likeness (QED) is 0.517. The molecule has 1 saturated heterocycles. The fourth-order valence-corrected chi connectivity index (χ4v) is 2.95. The number of ether oxygens (including phenoxy) is 1. The van der Waals surface area contributed by atoms with Gasteiger partial charge in [0.15, 0.2) is 6.61 Å². The van der Waals surface area contributed by atoms with Gasteiger partial charge in [0.1, 0.15) is 0 Å². The second-order valence-corrected chi connectivity index (χ2v) is 6.51. The molecule has 1 aliphatic rings. The van der Waals surface area contributed by atoms with Crippen LogP contribution in [0, 0.1) is 11.8 Å². The van der Waals surface area contributed by atoms with E-state index in [1.54, 1.807) is 4.90 Å². The summed E-state index contributed by atoms with van der Waals surface area (Å²) in [5.41, 5.74) is 4.94. The molecule has 0 unspecified atom stereocenters.